The summed E-state index contributed by atoms with van der Waals surface area (Å²) in [4.78, 5) is 32.4. The monoisotopic (exact) mass is 644 g/mol. The molecule has 0 saturated carbocycles. The maximum atomic E-state index is 12.4. The van der Waals surface area contributed by atoms with Gasteiger partial charge in [0.25, 0.3) is 7.82 Å². The van der Waals surface area contributed by atoms with E-state index in [0.29, 0.717) is 37.1 Å². The quantitative estimate of drug-likeness (QED) is 0.0611. The van der Waals surface area contributed by atoms with Gasteiger partial charge in [-0.05, 0) is 18.4 Å². The van der Waals surface area contributed by atoms with Gasteiger partial charge in [-0.1, -0.05) is 134 Å². The number of nitrogens with zero attached hydrogens (tertiary/aromatic N) is 2. The lowest BCUT2D eigenvalue weighted by Crippen LogP contribution is -2.37. The molecule has 1 atom stereocenters. The van der Waals surface area contributed by atoms with Gasteiger partial charge in [0.05, 0.1) is 21.1 Å². The first-order chi connectivity index (χ1) is 21.0. The minimum absolute atomic E-state index is 0.0147. The molecule has 0 aliphatic carbocycles. The normalized spacial score (nSPS) is 12.7. The highest BCUT2D eigenvalue weighted by Gasteiger charge is 2.14. The largest absolute Gasteiger partial charge is 0.756 e. The summed E-state index contributed by atoms with van der Waals surface area (Å²) in [5, 5.41) is 9.14. The number of benzene rings is 1. The van der Waals surface area contributed by atoms with Crippen molar-refractivity contribution >= 4 is 13.9 Å². The van der Waals surface area contributed by atoms with E-state index in [-0.39, 0.29) is 19.3 Å². The smallest absolute Gasteiger partial charge is 0.410 e. The Kier molecular flexibility index (Phi) is 26.9. The van der Waals surface area contributed by atoms with Crippen molar-refractivity contribution in [3.05, 3.63) is 35.9 Å². The Morgan fingerprint density at radius 2 is 1.25 bits per heavy atom. The fourth-order valence-corrected chi connectivity index (χ4v) is 4.96. The van der Waals surface area contributed by atoms with Crippen molar-refractivity contribution < 1.29 is 38.0 Å². The first-order valence-corrected chi connectivity index (χ1v) is 18.5. The minimum Gasteiger partial charge on any atom is -0.756 e. The fourth-order valence-electron chi connectivity index (χ4n) is 4.65. The molecule has 0 bridgehead atoms. The first kappa shape index (κ1) is 42.5. The third-order valence-electron chi connectivity index (χ3n) is 7.35. The average molecular weight is 645 g/mol. The van der Waals surface area contributed by atoms with Gasteiger partial charge < -0.3 is 33.5 Å². The summed E-state index contributed by atoms with van der Waals surface area (Å²) in [7, 11) is 1.19. The van der Waals surface area contributed by atoms with E-state index in [4.69, 9.17) is 14.7 Å². The van der Waals surface area contributed by atoms with Crippen molar-refractivity contribution in [2.75, 3.05) is 54.0 Å². The van der Waals surface area contributed by atoms with Crippen molar-refractivity contribution in [3.63, 3.8) is 0 Å². The molecule has 10 heteroatoms. The molecule has 0 aromatic heterocycles. The van der Waals surface area contributed by atoms with Crippen LogP contribution in [0.1, 0.15) is 122 Å². The molecule has 1 aromatic rings. The molecule has 1 unspecified atom stereocenters. The van der Waals surface area contributed by atoms with Crippen LogP contribution in [0.2, 0.25) is 0 Å². The molecule has 44 heavy (non-hydrogen) atoms. The van der Waals surface area contributed by atoms with E-state index >= 15 is 0 Å². The maximum Gasteiger partial charge on any atom is 0.410 e. The van der Waals surface area contributed by atoms with Crippen LogP contribution in [0.15, 0.2) is 30.3 Å². The van der Waals surface area contributed by atoms with Crippen molar-refractivity contribution in [2.24, 2.45) is 0 Å². The van der Waals surface area contributed by atoms with Crippen LogP contribution in [-0.2, 0) is 20.4 Å². The summed E-state index contributed by atoms with van der Waals surface area (Å²) in [6.45, 7) is 4.50. The third kappa shape index (κ3) is 30.5. The highest BCUT2D eigenvalue weighted by Crippen LogP contribution is 2.29. The van der Waals surface area contributed by atoms with E-state index in [1.165, 1.54) is 89.9 Å². The van der Waals surface area contributed by atoms with Gasteiger partial charge in [0.2, 0.25) is 0 Å². The first-order valence-electron chi connectivity index (χ1n) is 17.0. The predicted molar refractivity (Wildman–Crippen MR) is 178 cm³/mol. The number of quaternary nitrogens is 1. The summed E-state index contributed by atoms with van der Waals surface area (Å²) in [6.07, 6.45) is 21.8. The van der Waals surface area contributed by atoms with Crippen molar-refractivity contribution in [1.82, 2.24) is 4.90 Å². The number of carbonyl (C=O) groups is 1. The zero-order valence-corrected chi connectivity index (χ0v) is 29.3. The van der Waals surface area contributed by atoms with Crippen LogP contribution in [-0.4, -0.2) is 79.5 Å². The van der Waals surface area contributed by atoms with E-state index in [1.807, 2.05) is 51.5 Å². The molecule has 0 radical (unpaired) electrons. The van der Waals surface area contributed by atoms with Gasteiger partial charge in [-0.2, -0.15) is 0 Å². The zero-order chi connectivity index (χ0) is 32.9. The van der Waals surface area contributed by atoms with Crippen LogP contribution >= 0.6 is 7.82 Å². The van der Waals surface area contributed by atoms with Crippen LogP contribution in [0.25, 0.3) is 0 Å². The third-order valence-corrected chi connectivity index (χ3v) is 7.86. The van der Waals surface area contributed by atoms with Crippen LogP contribution in [0.5, 0.6) is 0 Å². The number of aliphatic hydroxyl groups excluding tert-OH is 1. The van der Waals surface area contributed by atoms with Crippen molar-refractivity contribution in [3.8, 4) is 0 Å². The lowest BCUT2D eigenvalue weighted by Gasteiger charge is -2.25. The Hall–Kier alpha value is -1.48. The number of unbranched alkanes of at least 4 members (excludes halogenated alkanes) is 15. The highest BCUT2D eigenvalue weighted by molar-refractivity contribution is 7.44. The lowest BCUT2D eigenvalue weighted by molar-refractivity contribution is -0.870. The molecule has 1 amide bonds. The number of phosphoric ester groups is 1. The molecule has 0 aliphatic rings. The SMILES string of the molecule is CCCCCCCCCCCCCCCCCCN(CCCO)C(=O)OCc1ccccc1.C[N+](C)(C)CCOP(=O)([O-])O. The van der Waals surface area contributed by atoms with E-state index in [2.05, 4.69) is 11.4 Å². The number of carbonyl (C=O) groups excluding carboxylic acids is 1. The number of hydrogen-bond acceptors (Lipinski definition) is 6. The Balaban J connectivity index is 0.00000142. The van der Waals surface area contributed by atoms with Crippen molar-refractivity contribution in [2.45, 2.75) is 123 Å². The summed E-state index contributed by atoms with van der Waals surface area (Å²) in [5.41, 5.74) is 0.996. The molecule has 9 nitrogen and oxygen atoms in total. The molecule has 0 aliphatic heterocycles. The number of phosphoric acid groups is 1. The van der Waals surface area contributed by atoms with E-state index in [9.17, 15) is 14.3 Å². The number of likely N-dealkylation sites (N-methyl/N-ethyl adjacent to an activating group) is 1. The molecule has 0 heterocycles. The van der Waals surface area contributed by atoms with Gasteiger partial charge in [-0.25, -0.2) is 4.79 Å². The molecule has 0 fully saturated rings. The van der Waals surface area contributed by atoms with Gasteiger partial charge in [-0.3, -0.25) is 4.57 Å². The topological polar surface area (TPSA) is 119 Å². The van der Waals surface area contributed by atoms with Gasteiger partial charge >= 0.3 is 6.09 Å². The minimum atomic E-state index is -4.51. The number of rotatable bonds is 26. The average Bonchev–Trinajstić information content (AvgIpc) is 2.96. The van der Waals surface area contributed by atoms with Crippen LogP contribution < -0.4 is 4.89 Å². The molecular weight excluding hydrogens is 579 g/mol. The van der Waals surface area contributed by atoms with Gasteiger partial charge in [0.1, 0.15) is 19.8 Å². The number of ether oxygens (including phenoxy) is 1. The molecule has 0 spiro atoms. The predicted octanol–water partition coefficient (Wildman–Crippen LogP) is 7.44. The molecule has 1 rings (SSSR count). The van der Waals surface area contributed by atoms with Crippen LogP contribution in [0.3, 0.4) is 0 Å². The van der Waals surface area contributed by atoms with Crippen LogP contribution in [0, 0.1) is 0 Å². The Morgan fingerprint density at radius 3 is 1.68 bits per heavy atom. The van der Waals surface area contributed by atoms with Crippen LogP contribution in [0.4, 0.5) is 4.79 Å². The summed E-state index contributed by atoms with van der Waals surface area (Å²) >= 11 is 0. The molecule has 258 valence electrons. The van der Waals surface area contributed by atoms with Crippen molar-refractivity contribution in [1.29, 1.82) is 0 Å². The molecular formula is C34H65N2O7P. The summed E-state index contributed by atoms with van der Waals surface area (Å²) in [6, 6.07) is 9.77. The van der Waals surface area contributed by atoms with E-state index < -0.39 is 7.82 Å². The lowest BCUT2D eigenvalue weighted by atomic mass is 10.0. The zero-order valence-electron chi connectivity index (χ0n) is 28.4. The Labute approximate surface area is 269 Å². The number of hydrogen-bond donors (Lipinski definition) is 2. The second-order valence-corrected chi connectivity index (χ2v) is 13.9. The maximum absolute atomic E-state index is 12.4. The van der Waals surface area contributed by atoms with Gasteiger partial charge in [0.15, 0.2) is 0 Å². The van der Waals surface area contributed by atoms with E-state index in [1.54, 1.807) is 4.90 Å². The molecule has 0 saturated heterocycles. The van der Waals surface area contributed by atoms with E-state index in [0.717, 1.165) is 18.4 Å². The summed E-state index contributed by atoms with van der Waals surface area (Å²) in [5.74, 6) is 0. The Morgan fingerprint density at radius 1 is 0.795 bits per heavy atom. The highest BCUT2D eigenvalue weighted by atomic mass is 31.2. The van der Waals surface area contributed by atoms with Gasteiger partial charge in [0, 0.05) is 19.7 Å². The summed E-state index contributed by atoms with van der Waals surface area (Å²) < 4.78 is 20.3. The second-order valence-electron chi connectivity index (χ2n) is 12.7. The number of amides is 1. The Bertz CT molecular complexity index is 831. The number of aliphatic hydroxyl groups is 1. The molecule has 2 N–H and O–H groups in total. The second kappa shape index (κ2) is 27.8. The standard InChI is InChI=1S/C29H51NO3.C5H14NO4P/c1-2-3-4-5-6-7-8-9-10-11-12-13-14-15-16-20-24-30(25-21-26-31)29(32)33-27-28-22-18-17-19-23-28;1-6(2,3)4-5-10-11(7,8)9/h17-19,22-23,31H,2-16,20-21,24-27H2,1H3;4-5H2,1-3H3,(H-,7,8,9). The molecule has 1 aromatic carbocycles. The van der Waals surface area contributed by atoms with Gasteiger partial charge in [-0.15, -0.1) is 0 Å². The fraction of sp³-hybridized carbons (Fsp3) is 0.794.